The minimum Gasteiger partial charge on any atom is -0.303 e. The minimum atomic E-state index is 0.483. The van der Waals surface area contributed by atoms with Gasteiger partial charge >= 0.3 is 0 Å². The molecule has 2 heteroatoms. The molecule has 3 unspecified atom stereocenters. The van der Waals surface area contributed by atoms with Crippen LogP contribution >= 0.6 is 0 Å². The number of hydrogen-bond donors (Lipinski definition) is 0. The summed E-state index contributed by atoms with van der Waals surface area (Å²) in [7, 11) is 2.24. The smallest absolute Gasteiger partial charge is 0.133 e. The molecule has 1 saturated heterocycles. The molecule has 1 saturated carbocycles. The van der Waals surface area contributed by atoms with Crippen molar-refractivity contribution < 1.29 is 4.79 Å². The minimum absolute atomic E-state index is 0.483. The van der Waals surface area contributed by atoms with Gasteiger partial charge in [0.1, 0.15) is 5.78 Å². The van der Waals surface area contributed by atoms with Crippen LogP contribution in [-0.4, -0.2) is 30.3 Å². The zero-order valence-corrected chi connectivity index (χ0v) is 12.4. The van der Waals surface area contributed by atoms with E-state index in [9.17, 15) is 4.79 Å². The Hall–Kier alpha value is -1.15. The fourth-order valence-electron chi connectivity index (χ4n) is 4.08. The van der Waals surface area contributed by atoms with Crippen LogP contribution in [0.1, 0.15) is 50.0 Å². The highest BCUT2D eigenvalue weighted by atomic mass is 16.1. The fourth-order valence-corrected chi connectivity index (χ4v) is 4.08. The first-order chi connectivity index (χ1) is 9.74. The first-order valence-electron chi connectivity index (χ1n) is 8.01. The largest absolute Gasteiger partial charge is 0.303 e. The van der Waals surface area contributed by atoms with Gasteiger partial charge in [0, 0.05) is 18.9 Å². The molecule has 0 amide bonds. The van der Waals surface area contributed by atoms with E-state index in [1.54, 1.807) is 0 Å². The molecule has 1 aliphatic heterocycles. The summed E-state index contributed by atoms with van der Waals surface area (Å²) in [6, 6.07) is 11.5. The molecule has 3 atom stereocenters. The average molecular weight is 271 g/mol. The van der Waals surface area contributed by atoms with Crippen LogP contribution in [0.3, 0.4) is 0 Å². The van der Waals surface area contributed by atoms with Crippen molar-refractivity contribution in [2.45, 2.75) is 50.5 Å². The van der Waals surface area contributed by atoms with Gasteiger partial charge in [0.05, 0.1) is 0 Å². The lowest BCUT2D eigenvalue weighted by Crippen LogP contribution is -2.45. The molecule has 1 aliphatic carbocycles. The molecule has 108 valence electrons. The number of nitrogens with zero attached hydrogens (tertiary/aromatic N) is 1. The van der Waals surface area contributed by atoms with E-state index in [-0.39, 0.29) is 0 Å². The van der Waals surface area contributed by atoms with Crippen molar-refractivity contribution >= 4 is 5.78 Å². The molecule has 1 aromatic carbocycles. The van der Waals surface area contributed by atoms with E-state index in [1.807, 2.05) is 0 Å². The quantitative estimate of drug-likeness (QED) is 0.818. The van der Waals surface area contributed by atoms with Gasteiger partial charge in [-0.3, -0.25) is 4.79 Å². The number of carbonyl (C=O) groups is 1. The highest BCUT2D eigenvalue weighted by Crippen LogP contribution is 2.37. The van der Waals surface area contributed by atoms with Crippen molar-refractivity contribution in [1.29, 1.82) is 0 Å². The monoisotopic (exact) mass is 271 g/mol. The molecule has 0 N–H and O–H groups in total. The zero-order chi connectivity index (χ0) is 13.9. The van der Waals surface area contributed by atoms with E-state index in [4.69, 9.17) is 0 Å². The van der Waals surface area contributed by atoms with Gasteiger partial charge in [-0.15, -0.1) is 0 Å². The molecule has 0 spiro atoms. The number of benzene rings is 1. The number of likely N-dealkylation sites (tertiary alicyclic amines) is 1. The van der Waals surface area contributed by atoms with E-state index in [2.05, 4.69) is 42.3 Å². The van der Waals surface area contributed by atoms with Crippen LogP contribution in [0.4, 0.5) is 0 Å². The average Bonchev–Trinajstić information content (AvgIpc) is 2.48. The lowest BCUT2D eigenvalue weighted by molar-refractivity contribution is -0.122. The predicted octanol–water partition coefficient (Wildman–Crippen LogP) is 3.62. The van der Waals surface area contributed by atoms with Crippen molar-refractivity contribution in [3.8, 4) is 0 Å². The number of piperidine rings is 1. The molecule has 0 aromatic heterocycles. The molecule has 20 heavy (non-hydrogen) atoms. The second-order valence-corrected chi connectivity index (χ2v) is 6.58. The highest BCUT2D eigenvalue weighted by Gasteiger charge is 2.34. The van der Waals surface area contributed by atoms with E-state index in [0.29, 0.717) is 23.7 Å². The van der Waals surface area contributed by atoms with E-state index in [1.165, 1.54) is 24.8 Å². The maximum atomic E-state index is 11.8. The van der Waals surface area contributed by atoms with Crippen LogP contribution in [0.2, 0.25) is 0 Å². The van der Waals surface area contributed by atoms with Crippen molar-refractivity contribution in [3.05, 3.63) is 35.9 Å². The molecule has 2 nitrogen and oxygen atoms in total. The number of carbonyl (C=O) groups excluding carboxylic acids is 1. The highest BCUT2D eigenvalue weighted by molar-refractivity contribution is 5.79. The van der Waals surface area contributed by atoms with Crippen LogP contribution in [0.15, 0.2) is 30.3 Å². The maximum absolute atomic E-state index is 11.8. The summed E-state index contributed by atoms with van der Waals surface area (Å²) in [6.07, 6.45) is 6.44. The van der Waals surface area contributed by atoms with Crippen LogP contribution in [0, 0.1) is 5.92 Å². The predicted molar refractivity (Wildman–Crippen MR) is 81.8 cm³/mol. The van der Waals surface area contributed by atoms with Gasteiger partial charge in [-0.1, -0.05) is 30.3 Å². The summed E-state index contributed by atoms with van der Waals surface area (Å²) >= 11 is 0. The number of rotatable bonds is 2. The van der Waals surface area contributed by atoms with Crippen molar-refractivity contribution in [1.82, 2.24) is 4.90 Å². The van der Waals surface area contributed by atoms with Crippen LogP contribution in [-0.2, 0) is 4.79 Å². The van der Waals surface area contributed by atoms with Gasteiger partial charge in [0.25, 0.3) is 0 Å². The number of ketones is 1. The second-order valence-electron chi connectivity index (χ2n) is 6.58. The third kappa shape index (κ3) is 2.95. The topological polar surface area (TPSA) is 20.3 Å². The maximum Gasteiger partial charge on any atom is 0.133 e. The van der Waals surface area contributed by atoms with Crippen molar-refractivity contribution in [2.24, 2.45) is 5.92 Å². The Bertz CT molecular complexity index is 456. The lowest BCUT2D eigenvalue weighted by atomic mass is 9.75. The summed E-state index contributed by atoms with van der Waals surface area (Å²) in [4.78, 5) is 14.3. The third-order valence-corrected chi connectivity index (χ3v) is 5.26. The molecule has 2 fully saturated rings. The molecule has 1 heterocycles. The SMILES string of the molecule is CN1CCC(c2ccccc2)CC1C1CCCC(=O)C1. The van der Waals surface area contributed by atoms with Crippen molar-refractivity contribution in [2.75, 3.05) is 13.6 Å². The second kappa shape index (κ2) is 6.09. The van der Waals surface area contributed by atoms with Gasteiger partial charge < -0.3 is 4.90 Å². The van der Waals surface area contributed by atoms with Gasteiger partial charge in [0.2, 0.25) is 0 Å². The van der Waals surface area contributed by atoms with Crippen molar-refractivity contribution in [3.63, 3.8) is 0 Å². The Morgan fingerprint density at radius 1 is 1.15 bits per heavy atom. The molecule has 3 rings (SSSR count). The Morgan fingerprint density at radius 2 is 1.95 bits per heavy atom. The third-order valence-electron chi connectivity index (χ3n) is 5.26. The number of Topliss-reactive ketones (excluding diaryl/α,β-unsaturated/α-hetero) is 1. The Kier molecular flexibility index (Phi) is 4.21. The zero-order valence-electron chi connectivity index (χ0n) is 12.4. The first-order valence-corrected chi connectivity index (χ1v) is 8.01. The molecular formula is C18H25NO. The van der Waals surface area contributed by atoms with Gasteiger partial charge in [0.15, 0.2) is 0 Å². The van der Waals surface area contributed by atoms with Crippen LogP contribution in [0.5, 0.6) is 0 Å². The summed E-state index contributed by atoms with van der Waals surface area (Å²) in [6.45, 7) is 1.16. The normalized spacial score (nSPS) is 32.2. The molecule has 2 aliphatic rings. The molecular weight excluding hydrogens is 246 g/mol. The number of hydrogen-bond acceptors (Lipinski definition) is 2. The summed E-state index contributed by atoms with van der Waals surface area (Å²) < 4.78 is 0. The van der Waals surface area contributed by atoms with E-state index in [0.717, 1.165) is 25.8 Å². The van der Waals surface area contributed by atoms with E-state index >= 15 is 0 Å². The summed E-state index contributed by atoms with van der Waals surface area (Å²) in [5.74, 6) is 1.75. The fraction of sp³-hybridized carbons (Fsp3) is 0.611. The standard InChI is InChI=1S/C18H25NO/c1-19-11-10-15(14-6-3-2-4-7-14)13-18(19)16-8-5-9-17(20)12-16/h2-4,6-7,15-16,18H,5,8-13H2,1H3. The Labute approximate surface area is 122 Å². The molecule has 1 aromatic rings. The lowest BCUT2D eigenvalue weighted by Gasteiger charge is -2.42. The Morgan fingerprint density at radius 3 is 2.70 bits per heavy atom. The molecule has 0 bridgehead atoms. The van der Waals surface area contributed by atoms with Gasteiger partial charge in [-0.25, -0.2) is 0 Å². The molecule has 0 radical (unpaired) electrons. The van der Waals surface area contributed by atoms with E-state index < -0.39 is 0 Å². The Balaban J connectivity index is 1.71. The first kappa shape index (κ1) is 13.8. The summed E-state index contributed by atoms with van der Waals surface area (Å²) in [5.41, 5.74) is 1.48. The van der Waals surface area contributed by atoms with Crippen LogP contribution < -0.4 is 0 Å². The summed E-state index contributed by atoms with van der Waals surface area (Å²) in [5, 5.41) is 0. The van der Waals surface area contributed by atoms with Gasteiger partial charge in [-0.05, 0) is 56.7 Å². The van der Waals surface area contributed by atoms with Crippen LogP contribution in [0.25, 0.3) is 0 Å². The van der Waals surface area contributed by atoms with Gasteiger partial charge in [-0.2, -0.15) is 0 Å².